The van der Waals surface area contributed by atoms with Crippen LogP contribution in [0.1, 0.15) is 23.0 Å². The number of hydrogen-bond donors (Lipinski definition) is 2. The first kappa shape index (κ1) is 14.6. The quantitative estimate of drug-likeness (QED) is 0.562. The zero-order chi connectivity index (χ0) is 16.4. The lowest BCUT2D eigenvalue weighted by Crippen LogP contribution is -2.05. The molecule has 0 saturated heterocycles. The normalized spacial score (nSPS) is 11.2. The number of ketones is 1. The van der Waals surface area contributed by atoms with Gasteiger partial charge in [-0.15, -0.1) is 0 Å². The Morgan fingerprint density at radius 2 is 2.04 bits per heavy atom. The van der Waals surface area contributed by atoms with Crippen LogP contribution in [0.2, 0.25) is 0 Å². The zero-order valence-corrected chi connectivity index (χ0v) is 12.3. The lowest BCUT2D eigenvalue weighted by atomic mass is 10.2. The summed E-state index contributed by atoms with van der Waals surface area (Å²) in [6, 6.07) is 3.42. The summed E-state index contributed by atoms with van der Waals surface area (Å²) in [6.45, 7) is 1.46. The largest absolute Gasteiger partial charge is 0.366 e. The Labute approximate surface area is 131 Å². The summed E-state index contributed by atoms with van der Waals surface area (Å²) in [5.74, 6) is -0.630. The summed E-state index contributed by atoms with van der Waals surface area (Å²) in [5, 5.41) is 0. The van der Waals surface area contributed by atoms with Crippen LogP contribution >= 0.6 is 0 Å². The van der Waals surface area contributed by atoms with Gasteiger partial charge in [-0.05, 0) is 18.2 Å². The predicted molar refractivity (Wildman–Crippen MR) is 85.4 cm³/mol. The Morgan fingerprint density at radius 1 is 1.22 bits per heavy atom. The number of nitrogens with zero attached hydrogens (tertiary/aromatic N) is 3. The molecule has 7 heteroatoms. The van der Waals surface area contributed by atoms with Gasteiger partial charge in [0.2, 0.25) is 5.91 Å². The number of pyridine rings is 1. The van der Waals surface area contributed by atoms with Crippen LogP contribution in [0.15, 0.2) is 36.8 Å². The summed E-state index contributed by atoms with van der Waals surface area (Å²) in [6.07, 6.45) is 7.74. The van der Waals surface area contributed by atoms with Gasteiger partial charge in [0, 0.05) is 36.5 Å². The van der Waals surface area contributed by atoms with E-state index in [2.05, 4.69) is 19.9 Å². The Bertz CT molecular complexity index is 925. The molecule has 0 aliphatic heterocycles. The number of Topliss-reactive ketones (excluding diaryl/α,β-unsaturated/α-hetero) is 1. The molecule has 0 aromatic carbocycles. The number of amides is 1. The molecule has 3 heterocycles. The van der Waals surface area contributed by atoms with E-state index >= 15 is 0 Å². The van der Waals surface area contributed by atoms with Gasteiger partial charge in [-0.3, -0.25) is 14.6 Å². The topological polar surface area (TPSA) is 115 Å². The van der Waals surface area contributed by atoms with E-state index in [9.17, 15) is 9.59 Å². The zero-order valence-electron chi connectivity index (χ0n) is 12.3. The van der Waals surface area contributed by atoms with E-state index in [1.807, 2.05) is 0 Å². The Balaban J connectivity index is 2.03. The summed E-state index contributed by atoms with van der Waals surface area (Å²) >= 11 is 0. The second-order valence-corrected chi connectivity index (χ2v) is 4.92. The standard InChI is InChI=1S/C16H13N5O2/c1-9(22)12-4-2-10(6-18-12)13-8-20-16-15(21-13)11(7-19-16)3-5-14(17)23/h2-8H,1H3,(H2,17,23)(H,19,20)/b5-3+. The number of carbonyl (C=O) groups excluding carboxylic acids is 2. The number of H-pyrrole nitrogens is 1. The van der Waals surface area contributed by atoms with E-state index < -0.39 is 5.91 Å². The minimum Gasteiger partial charge on any atom is -0.366 e. The number of nitrogens with two attached hydrogens (primary N) is 1. The van der Waals surface area contributed by atoms with Gasteiger partial charge in [-0.25, -0.2) is 9.97 Å². The third kappa shape index (κ3) is 2.98. The van der Waals surface area contributed by atoms with Gasteiger partial charge < -0.3 is 10.7 Å². The van der Waals surface area contributed by atoms with E-state index in [0.29, 0.717) is 28.1 Å². The molecule has 0 radical (unpaired) electrons. The first-order valence-electron chi connectivity index (χ1n) is 6.83. The number of carbonyl (C=O) groups is 2. The molecular weight excluding hydrogens is 294 g/mol. The fourth-order valence-electron chi connectivity index (χ4n) is 2.10. The van der Waals surface area contributed by atoms with Crippen molar-refractivity contribution in [3.8, 4) is 11.3 Å². The molecule has 0 saturated carbocycles. The average molecular weight is 307 g/mol. The van der Waals surface area contributed by atoms with Gasteiger partial charge >= 0.3 is 0 Å². The first-order chi connectivity index (χ1) is 11.0. The maximum Gasteiger partial charge on any atom is 0.241 e. The van der Waals surface area contributed by atoms with Crippen LogP contribution in [-0.4, -0.2) is 31.6 Å². The molecule has 7 nitrogen and oxygen atoms in total. The van der Waals surface area contributed by atoms with Crippen LogP contribution in [0.5, 0.6) is 0 Å². The highest BCUT2D eigenvalue weighted by molar-refractivity contribution is 5.94. The molecule has 3 rings (SSSR count). The smallest absolute Gasteiger partial charge is 0.241 e. The Kier molecular flexibility index (Phi) is 3.68. The van der Waals surface area contributed by atoms with Gasteiger partial charge in [0.1, 0.15) is 11.2 Å². The molecule has 0 aliphatic rings. The van der Waals surface area contributed by atoms with Crippen LogP contribution < -0.4 is 5.73 Å². The highest BCUT2D eigenvalue weighted by atomic mass is 16.1. The summed E-state index contributed by atoms with van der Waals surface area (Å²) in [7, 11) is 0. The van der Waals surface area contributed by atoms with E-state index in [-0.39, 0.29) is 5.78 Å². The number of aromatic nitrogens is 4. The number of hydrogen-bond acceptors (Lipinski definition) is 5. The lowest BCUT2D eigenvalue weighted by Gasteiger charge is -2.01. The van der Waals surface area contributed by atoms with Crippen molar-refractivity contribution in [2.45, 2.75) is 6.92 Å². The molecule has 0 bridgehead atoms. The van der Waals surface area contributed by atoms with Crippen molar-refractivity contribution < 1.29 is 9.59 Å². The maximum atomic E-state index is 11.3. The molecule has 0 aliphatic carbocycles. The number of fused-ring (bicyclic) bond motifs is 1. The number of aromatic amines is 1. The van der Waals surface area contributed by atoms with Crippen molar-refractivity contribution >= 4 is 28.9 Å². The SMILES string of the molecule is CC(=O)c1ccc(-c2cnc3[nH]cc(/C=C/C(N)=O)c3n2)cn1. The van der Waals surface area contributed by atoms with Crippen LogP contribution in [0, 0.1) is 0 Å². The van der Waals surface area contributed by atoms with Crippen molar-refractivity contribution in [3.05, 3.63) is 48.1 Å². The molecule has 0 atom stereocenters. The molecule has 1 amide bonds. The molecule has 3 aromatic heterocycles. The summed E-state index contributed by atoms with van der Waals surface area (Å²) < 4.78 is 0. The minimum atomic E-state index is -0.535. The second-order valence-electron chi connectivity index (χ2n) is 4.92. The second kappa shape index (κ2) is 5.80. The monoisotopic (exact) mass is 307 g/mol. The Hall–Kier alpha value is -3.35. The van der Waals surface area contributed by atoms with Crippen LogP contribution in [-0.2, 0) is 4.79 Å². The molecule has 0 spiro atoms. The van der Waals surface area contributed by atoms with Gasteiger partial charge in [0.25, 0.3) is 0 Å². The number of nitrogens with one attached hydrogen (secondary N) is 1. The fourth-order valence-corrected chi connectivity index (χ4v) is 2.10. The van der Waals surface area contributed by atoms with Crippen LogP contribution in [0.4, 0.5) is 0 Å². The van der Waals surface area contributed by atoms with Crippen molar-refractivity contribution in [2.24, 2.45) is 5.73 Å². The van der Waals surface area contributed by atoms with Gasteiger partial charge in [-0.1, -0.05) is 0 Å². The van der Waals surface area contributed by atoms with Crippen LogP contribution in [0.3, 0.4) is 0 Å². The van der Waals surface area contributed by atoms with Gasteiger partial charge in [0.15, 0.2) is 11.4 Å². The number of rotatable bonds is 4. The molecule has 3 aromatic rings. The van der Waals surface area contributed by atoms with Crippen molar-refractivity contribution in [1.82, 2.24) is 19.9 Å². The van der Waals surface area contributed by atoms with Crippen LogP contribution in [0.25, 0.3) is 28.5 Å². The van der Waals surface area contributed by atoms with Crippen molar-refractivity contribution in [1.29, 1.82) is 0 Å². The van der Waals surface area contributed by atoms with E-state index in [1.165, 1.54) is 13.0 Å². The lowest BCUT2D eigenvalue weighted by molar-refractivity contribution is -0.113. The van der Waals surface area contributed by atoms with Crippen molar-refractivity contribution in [2.75, 3.05) is 0 Å². The highest BCUT2D eigenvalue weighted by Crippen LogP contribution is 2.21. The molecular formula is C16H13N5O2. The van der Waals surface area contributed by atoms with E-state index in [0.717, 1.165) is 5.56 Å². The predicted octanol–water partition coefficient (Wildman–Crippen LogP) is 1.72. The molecule has 0 unspecified atom stereocenters. The molecule has 3 N–H and O–H groups in total. The van der Waals surface area contributed by atoms with E-state index in [4.69, 9.17) is 5.73 Å². The minimum absolute atomic E-state index is 0.0948. The molecule has 114 valence electrons. The summed E-state index contributed by atoms with van der Waals surface area (Å²) in [5.41, 5.74) is 8.80. The van der Waals surface area contributed by atoms with E-state index in [1.54, 1.807) is 36.8 Å². The third-order valence-electron chi connectivity index (χ3n) is 3.26. The average Bonchev–Trinajstić information content (AvgIpc) is 2.95. The Morgan fingerprint density at radius 3 is 2.70 bits per heavy atom. The summed E-state index contributed by atoms with van der Waals surface area (Å²) in [4.78, 5) is 38.0. The third-order valence-corrected chi connectivity index (χ3v) is 3.26. The van der Waals surface area contributed by atoms with Gasteiger partial charge in [-0.2, -0.15) is 0 Å². The molecule has 0 fully saturated rings. The number of primary amides is 1. The maximum absolute atomic E-state index is 11.3. The first-order valence-corrected chi connectivity index (χ1v) is 6.83. The van der Waals surface area contributed by atoms with Crippen molar-refractivity contribution in [3.63, 3.8) is 0 Å². The molecule has 23 heavy (non-hydrogen) atoms. The highest BCUT2D eigenvalue weighted by Gasteiger charge is 2.08. The fraction of sp³-hybridized carbons (Fsp3) is 0.0625. The van der Waals surface area contributed by atoms with Gasteiger partial charge in [0.05, 0.1) is 11.9 Å².